The Balaban J connectivity index is 1.84. The lowest BCUT2D eigenvalue weighted by Gasteiger charge is -2.18. The van der Waals surface area contributed by atoms with Crippen molar-refractivity contribution in [3.8, 4) is 6.07 Å². The fourth-order valence-corrected chi connectivity index (χ4v) is 3.94. The predicted octanol–water partition coefficient (Wildman–Crippen LogP) is 5.62. The van der Waals surface area contributed by atoms with Gasteiger partial charge in [-0.15, -0.1) is 0 Å². The van der Waals surface area contributed by atoms with Crippen LogP contribution in [0.15, 0.2) is 66.7 Å². The van der Waals surface area contributed by atoms with Crippen LogP contribution < -0.4 is 20.1 Å². The van der Waals surface area contributed by atoms with Crippen molar-refractivity contribution in [1.29, 1.82) is 5.26 Å². The maximum Gasteiger partial charge on any atom is 0.448 e. The largest absolute Gasteiger partial charge is 0.448 e. The molecule has 0 radical (unpaired) electrons. The minimum atomic E-state index is -4.37. The first-order valence-corrected chi connectivity index (χ1v) is 12.4. The topological polar surface area (TPSA) is 60.2 Å². The number of hydrogen-bond donors (Lipinski definition) is 1. The third-order valence-corrected chi connectivity index (χ3v) is 6.08. The van der Waals surface area contributed by atoms with Gasteiger partial charge in [0.25, 0.3) is 0 Å². The van der Waals surface area contributed by atoms with Gasteiger partial charge in [0.1, 0.15) is 0 Å². The molecule has 0 atom stereocenters. The smallest absolute Gasteiger partial charge is 0.374 e. The van der Waals surface area contributed by atoms with Gasteiger partial charge in [-0.1, -0.05) is 24.3 Å². The summed E-state index contributed by atoms with van der Waals surface area (Å²) in [6.07, 6.45) is 3.06. The number of rotatable bonds is 11. The minimum Gasteiger partial charge on any atom is -0.374 e. The summed E-state index contributed by atoms with van der Waals surface area (Å²) >= 11 is 0. The van der Waals surface area contributed by atoms with Gasteiger partial charge < -0.3 is 15.5 Å². The highest BCUT2D eigenvalue weighted by Crippen LogP contribution is 2.19. The molecule has 198 valence electrons. The van der Waals surface area contributed by atoms with E-state index >= 15 is 0 Å². The van der Waals surface area contributed by atoms with Crippen LogP contribution in [0.25, 0.3) is 24.3 Å². The first kappa shape index (κ1) is 28.5. The van der Waals surface area contributed by atoms with Crippen molar-refractivity contribution < 1.29 is 17.7 Å². The van der Waals surface area contributed by atoms with E-state index in [0.717, 1.165) is 29.0 Å². The monoisotopic (exact) mass is 520 g/mol. The van der Waals surface area contributed by atoms with Gasteiger partial charge in [0.15, 0.2) is 0 Å². The third kappa shape index (κ3) is 8.49. The Morgan fingerprint density at radius 3 is 1.68 bits per heavy atom. The highest BCUT2D eigenvalue weighted by Gasteiger charge is 2.35. The molecule has 0 fully saturated rings. The van der Waals surface area contributed by atoms with Crippen LogP contribution in [0.3, 0.4) is 0 Å². The number of aromatic nitrogens is 1. The standard InChI is InChI=1S/C30H33F3N5/c1-36(21-4-19-34)26-13-7-24(8-14-26)11-17-28-5-3-6-29(38(28)23-30(31,32)33)18-12-25-9-15-27(16-10-25)37(2)22-20-35/h3,5-18H,4,20-23,35H2,1-2H3/q+1. The van der Waals surface area contributed by atoms with Crippen LogP contribution in [0.4, 0.5) is 24.5 Å². The molecule has 38 heavy (non-hydrogen) atoms. The van der Waals surface area contributed by atoms with Crippen molar-refractivity contribution in [1.82, 2.24) is 0 Å². The van der Waals surface area contributed by atoms with Gasteiger partial charge >= 0.3 is 6.18 Å². The Labute approximate surface area is 222 Å². The van der Waals surface area contributed by atoms with E-state index in [-0.39, 0.29) is 0 Å². The highest BCUT2D eigenvalue weighted by atomic mass is 19.4. The van der Waals surface area contributed by atoms with Crippen LogP contribution in [-0.2, 0) is 6.54 Å². The summed E-state index contributed by atoms with van der Waals surface area (Å²) < 4.78 is 41.8. The van der Waals surface area contributed by atoms with Gasteiger partial charge in [0, 0.05) is 69.4 Å². The molecule has 2 aromatic carbocycles. The maximum atomic E-state index is 13.5. The summed E-state index contributed by atoms with van der Waals surface area (Å²) in [4.78, 5) is 4.02. The molecule has 2 N–H and O–H groups in total. The van der Waals surface area contributed by atoms with E-state index in [4.69, 9.17) is 11.0 Å². The quantitative estimate of drug-likeness (QED) is 0.333. The molecule has 0 spiro atoms. The second kappa shape index (κ2) is 13.5. The van der Waals surface area contributed by atoms with Gasteiger partial charge in [-0.3, -0.25) is 0 Å². The van der Waals surface area contributed by atoms with Gasteiger partial charge in [-0.2, -0.15) is 23.0 Å². The van der Waals surface area contributed by atoms with E-state index in [9.17, 15) is 13.2 Å². The number of nitrogens with zero attached hydrogens (tertiary/aromatic N) is 4. The van der Waals surface area contributed by atoms with Crippen molar-refractivity contribution in [3.05, 3.63) is 89.2 Å². The number of benzene rings is 2. The number of hydrogen-bond acceptors (Lipinski definition) is 4. The van der Waals surface area contributed by atoms with Crippen LogP contribution in [-0.4, -0.2) is 39.9 Å². The van der Waals surface area contributed by atoms with Crippen LogP contribution >= 0.6 is 0 Å². The average Bonchev–Trinajstić information content (AvgIpc) is 2.90. The first-order valence-electron chi connectivity index (χ1n) is 12.4. The second-order valence-corrected chi connectivity index (χ2v) is 8.97. The van der Waals surface area contributed by atoms with Gasteiger partial charge in [0.2, 0.25) is 17.9 Å². The molecule has 0 aliphatic heterocycles. The molecule has 3 aromatic rings. The molecule has 1 heterocycles. The summed E-state index contributed by atoms with van der Waals surface area (Å²) in [5.74, 6) is 0. The zero-order valence-electron chi connectivity index (χ0n) is 21.7. The number of alkyl halides is 3. The van der Waals surface area contributed by atoms with Crippen molar-refractivity contribution in [2.75, 3.05) is 43.5 Å². The summed E-state index contributed by atoms with van der Waals surface area (Å²) in [5.41, 5.74) is 10.2. The molecule has 8 heteroatoms. The molecule has 0 saturated carbocycles. The lowest BCUT2D eigenvalue weighted by molar-refractivity contribution is -0.722. The third-order valence-electron chi connectivity index (χ3n) is 6.08. The molecular formula is C30H33F3N5+. The Hall–Kier alpha value is -4.09. The fourth-order valence-electron chi connectivity index (χ4n) is 3.94. The Kier molecular flexibility index (Phi) is 10.1. The zero-order chi connectivity index (χ0) is 27.5. The van der Waals surface area contributed by atoms with Gasteiger partial charge in [0.05, 0.1) is 12.5 Å². The Morgan fingerprint density at radius 2 is 1.26 bits per heavy atom. The van der Waals surface area contributed by atoms with Crippen molar-refractivity contribution in [2.45, 2.75) is 19.1 Å². The van der Waals surface area contributed by atoms with E-state index in [0.29, 0.717) is 30.9 Å². The normalized spacial score (nSPS) is 11.7. The van der Waals surface area contributed by atoms with Crippen molar-refractivity contribution >= 4 is 35.7 Å². The van der Waals surface area contributed by atoms with E-state index in [2.05, 4.69) is 6.07 Å². The lowest BCUT2D eigenvalue weighted by atomic mass is 10.1. The summed E-state index contributed by atoms with van der Waals surface area (Å²) in [6.45, 7) is 0.808. The van der Waals surface area contributed by atoms with E-state index in [1.54, 1.807) is 36.4 Å². The van der Waals surface area contributed by atoms with E-state index < -0.39 is 12.7 Å². The SMILES string of the molecule is CN(CCN)c1ccc(/C=C/c2cccc(/C=C/c3ccc(N(C)CCC#N)cc3)[n+]2CC(F)(F)F)cc1. The summed E-state index contributed by atoms with van der Waals surface area (Å²) in [6, 6.07) is 22.7. The van der Waals surface area contributed by atoms with Crippen LogP contribution in [0.1, 0.15) is 28.9 Å². The van der Waals surface area contributed by atoms with Crippen LogP contribution in [0, 0.1) is 11.3 Å². The first-order chi connectivity index (χ1) is 18.2. The number of pyridine rings is 1. The van der Waals surface area contributed by atoms with E-state index in [1.807, 2.05) is 78.5 Å². The molecule has 0 saturated heterocycles. The number of halogens is 3. The molecule has 5 nitrogen and oxygen atoms in total. The van der Waals surface area contributed by atoms with Gasteiger partial charge in [-0.25, -0.2) is 0 Å². The molecule has 0 aliphatic rings. The predicted molar refractivity (Wildman–Crippen MR) is 149 cm³/mol. The molecule has 0 amide bonds. The zero-order valence-corrected chi connectivity index (χ0v) is 21.7. The Morgan fingerprint density at radius 1 is 0.789 bits per heavy atom. The second-order valence-electron chi connectivity index (χ2n) is 8.97. The number of likely N-dealkylation sites (N-methyl/N-ethyl adjacent to an activating group) is 1. The fraction of sp³-hybridized carbons (Fsp3) is 0.267. The molecule has 0 unspecified atom stereocenters. The molecule has 3 rings (SSSR count). The molecule has 1 aromatic heterocycles. The van der Waals surface area contributed by atoms with Crippen LogP contribution in [0.2, 0.25) is 0 Å². The number of anilines is 2. The van der Waals surface area contributed by atoms with Gasteiger partial charge in [-0.05, 0) is 53.6 Å². The molecule has 0 aliphatic carbocycles. The number of nitriles is 1. The highest BCUT2D eigenvalue weighted by molar-refractivity contribution is 5.70. The minimum absolute atomic E-state index is 0.430. The molecule has 0 bridgehead atoms. The average molecular weight is 521 g/mol. The number of nitrogens with two attached hydrogens (primary N) is 1. The molecular weight excluding hydrogens is 487 g/mol. The maximum absolute atomic E-state index is 13.5. The van der Waals surface area contributed by atoms with E-state index in [1.165, 1.54) is 4.57 Å². The Bertz CT molecular complexity index is 1270. The summed E-state index contributed by atoms with van der Waals surface area (Å²) in [5, 5.41) is 8.77. The van der Waals surface area contributed by atoms with Crippen molar-refractivity contribution in [2.24, 2.45) is 5.73 Å². The summed E-state index contributed by atoms with van der Waals surface area (Å²) in [7, 11) is 3.87. The van der Waals surface area contributed by atoms with Crippen LogP contribution in [0.5, 0.6) is 0 Å². The van der Waals surface area contributed by atoms with Crippen molar-refractivity contribution in [3.63, 3.8) is 0 Å². The lowest BCUT2D eigenvalue weighted by Crippen LogP contribution is -2.46.